The Bertz CT molecular complexity index is 85.1. The van der Waals surface area contributed by atoms with Crippen molar-refractivity contribution >= 4 is 24.8 Å². The van der Waals surface area contributed by atoms with Gasteiger partial charge in [-0.1, -0.05) is 0 Å². The summed E-state index contributed by atoms with van der Waals surface area (Å²) >= 11 is 0. The lowest BCUT2D eigenvalue weighted by Gasteiger charge is -2.31. The van der Waals surface area contributed by atoms with Crippen LogP contribution in [0.3, 0.4) is 0 Å². The fourth-order valence-electron chi connectivity index (χ4n) is 0.863. The molecule has 4 heteroatoms. The summed E-state index contributed by atoms with van der Waals surface area (Å²) in [5.41, 5.74) is 0. The van der Waals surface area contributed by atoms with E-state index in [-0.39, 0.29) is 24.8 Å². The summed E-state index contributed by atoms with van der Waals surface area (Å²) in [5, 5.41) is 0. The van der Waals surface area contributed by atoms with Crippen LogP contribution in [0.4, 0.5) is 0 Å². The second-order valence-electron chi connectivity index (χ2n) is 3.41. The van der Waals surface area contributed by atoms with Gasteiger partial charge < -0.3 is 9.80 Å². The van der Waals surface area contributed by atoms with Crippen LogP contribution in [-0.4, -0.2) is 50.1 Å². The van der Waals surface area contributed by atoms with E-state index in [9.17, 15) is 0 Å². The minimum absolute atomic E-state index is 0. The van der Waals surface area contributed by atoms with Crippen LogP contribution < -0.4 is 0 Å². The predicted octanol–water partition coefficient (Wildman–Crippen LogP) is 1.73. The highest BCUT2D eigenvalue weighted by atomic mass is 35.5. The van der Waals surface area contributed by atoms with Crippen molar-refractivity contribution in [3.63, 3.8) is 0 Å². The van der Waals surface area contributed by atoms with Gasteiger partial charge >= 0.3 is 0 Å². The summed E-state index contributed by atoms with van der Waals surface area (Å²) < 4.78 is 0. The molecule has 0 aliphatic heterocycles. The zero-order valence-corrected chi connectivity index (χ0v) is 10.5. The molecule has 0 aromatic heterocycles. The molecule has 0 aliphatic carbocycles. The first-order valence-electron chi connectivity index (χ1n) is 3.79. The van der Waals surface area contributed by atoms with Gasteiger partial charge in [0.2, 0.25) is 0 Å². The van der Waals surface area contributed by atoms with Crippen LogP contribution in [0.5, 0.6) is 0 Å². The first-order valence-corrected chi connectivity index (χ1v) is 3.79. The highest BCUT2D eigenvalue weighted by Gasteiger charge is 2.14. The molecule has 0 spiro atoms. The van der Waals surface area contributed by atoms with E-state index in [4.69, 9.17) is 0 Å². The van der Waals surface area contributed by atoms with E-state index < -0.39 is 0 Å². The molecule has 0 radical (unpaired) electrons. The Morgan fingerprint density at radius 1 is 0.667 bits per heavy atom. The lowest BCUT2D eigenvalue weighted by atomic mass is 10.1. The van der Waals surface area contributed by atoms with Crippen molar-refractivity contribution in [2.45, 2.75) is 25.9 Å². The second kappa shape index (κ2) is 8.11. The quantitative estimate of drug-likeness (QED) is 0.710. The summed E-state index contributed by atoms with van der Waals surface area (Å²) in [6.07, 6.45) is 0. The third-order valence-electron chi connectivity index (χ3n) is 2.33. The summed E-state index contributed by atoms with van der Waals surface area (Å²) in [6.45, 7) is 4.48. The molecule has 0 aromatic rings. The molecule has 0 fully saturated rings. The van der Waals surface area contributed by atoms with Gasteiger partial charge in [-0.05, 0) is 42.0 Å². The Morgan fingerprint density at radius 3 is 0.917 bits per heavy atom. The van der Waals surface area contributed by atoms with E-state index in [0.29, 0.717) is 12.1 Å². The molecule has 0 bridgehead atoms. The second-order valence-corrected chi connectivity index (χ2v) is 3.41. The fraction of sp³-hybridized carbons (Fsp3) is 1.00. The number of rotatable bonds is 3. The Hall–Kier alpha value is 0.500. The molecule has 0 rings (SSSR count). The van der Waals surface area contributed by atoms with Gasteiger partial charge in [0, 0.05) is 12.1 Å². The smallest absolute Gasteiger partial charge is 0.0214 e. The van der Waals surface area contributed by atoms with Crippen LogP contribution in [0.2, 0.25) is 0 Å². The summed E-state index contributed by atoms with van der Waals surface area (Å²) in [4.78, 5) is 4.48. The maximum Gasteiger partial charge on any atom is 0.0214 e. The van der Waals surface area contributed by atoms with Crippen LogP contribution in [-0.2, 0) is 0 Å². The van der Waals surface area contributed by atoms with Crippen molar-refractivity contribution in [1.82, 2.24) is 9.80 Å². The molecule has 2 unspecified atom stereocenters. The first-order chi connectivity index (χ1) is 4.46. The van der Waals surface area contributed by atoms with Crippen molar-refractivity contribution in [2.24, 2.45) is 0 Å². The molecule has 2 atom stereocenters. The molecule has 0 saturated heterocycles. The van der Waals surface area contributed by atoms with E-state index in [0.717, 1.165) is 0 Å². The molecule has 0 N–H and O–H groups in total. The van der Waals surface area contributed by atoms with Gasteiger partial charge in [-0.15, -0.1) is 24.8 Å². The fourth-order valence-corrected chi connectivity index (χ4v) is 0.863. The van der Waals surface area contributed by atoms with Crippen LogP contribution in [0.25, 0.3) is 0 Å². The molecule has 0 aromatic carbocycles. The third-order valence-corrected chi connectivity index (χ3v) is 2.33. The van der Waals surface area contributed by atoms with Crippen LogP contribution in [0.15, 0.2) is 0 Å². The zero-order chi connectivity index (χ0) is 8.31. The van der Waals surface area contributed by atoms with Gasteiger partial charge in [-0.25, -0.2) is 0 Å². The standard InChI is InChI=1S/C8H20N2.2ClH/c1-7(9(3)4)8(2)10(5)6;;/h7-8H,1-6H3;2*1H. The van der Waals surface area contributed by atoms with Gasteiger partial charge in [0.15, 0.2) is 0 Å². The SMILES string of the molecule is CC(C(C)N(C)C)N(C)C.Cl.Cl. The molecule has 0 aliphatic rings. The van der Waals surface area contributed by atoms with Gasteiger partial charge in [0.25, 0.3) is 0 Å². The van der Waals surface area contributed by atoms with E-state index in [1.54, 1.807) is 0 Å². The molecule has 0 saturated carbocycles. The minimum Gasteiger partial charge on any atom is -0.305 e. The van der Waals surface area contributed by atoms with Crippen LogP contribution in [0.1, 0.15) is 13.8 Å². The predicted molar refractivity (Wildman–Crippen MR) is 60.8 cm³/mol. The summed E-state index contributed by atoms with van der Waals surface area (Å²) in [7, 11) is 8.46. The van der Waals surface area contributed by atoms with Gasteiger partial charge in [0.1, 0.15) is 0 Å². The number of hydrogen-bond donors (Lipinski definition) is 0. The van der Waals surface area contributed by atoms with Gasteiger partial charge in [0.05, 0.1) is 0 Å². The zero-order valence-electron chi connectivity index (χ0n) is 8.87. The molecule has 78 valence electrons. The molecular weight excluding hydrogens is 195 g/mol. The van der Waals surface area contributed by atoms with Crippen molar-refractivity contribution in [3.05, 3.63) is 0 Å². The summed E-state index contributed by atoms with van der Waals surface area (Å²) in [5.74, 6) is 0. The Kier molecular flexibility index (Phi) is 12.4. The Balaban J connectivity index is -0.000000405. The van der Waals surface area contributed by atoms with E-state index >= 15 is 0 Å². The maximum absolute atomic E-state index is 2.24. The van der Waals surface area contributed by atoms with Crippen molar-refractivity contribution in [3.8, 4) is 0 Å². The van der Waals surface area contributed by atoms with Crippen molar-refractivity contribution < 1.29 is 0 Å². The average molecular weight is 217 g/mol. The third kappa shape index (κ3) is 6.06. The number of halogens is 2. The first kappa shape index (κ1) is 18.3. The molecule has 2 nitrogen and oxygen atoms in total. The molecule has 0 amide bonds. The average Bonchev–Trinajstić information content (AvgIpc) is 1.84. The summed E-state index contributed by atoms with van der Waals surface area (Å²) in [6, 6.07) is 1.24. The van der Waals surface area contributed by atoms with E-state index in [1.165, 1.54) is 0 Å². The van der Waals surface area contributed by atoms with E-state index in [2.05, 4.69) is 51.8 Å². The Labute approximate surface area is 89.1 Å². The van der Waals surface area contributed by atoms with Crippen molar-refractivity contribution in [2.75, 3.05) is 28.2 Å². The highest BCUT2D eigenvalue weighted by molar-refractivity contribution is 5.85. The molecule has 12 heavy (non-hydrogen) atoms. The van der Waals surface area contributed by atoms with Crippen LogP contribution >= 0.6 is 24.8 Å². The lowest BCUT2D eigenvalue weighted by Crippen LogP contribution is -2.42. The van der Waals surface area contributed by atoms with Gasteiger partial charge in [-0.2, -0.15) is 0 Å². The highest BCUT2D eigenvalue weighted by Crippen LogP contribution is 2.03. The normalized spacial score (nSPS) is 15.0. The lowest BCUT2D eigenvalue weighted by molar-refractivity contribution is 0.176. The molecular formula is C8H22Cl2N2. The maximum atomic E-state index is 2.24. The van der Waals surface area contributed by atoms with Crippen molar-refractivity contribution in [1.29, 1.82) is 0 Å². The number of nitrogens with zero attached hydrogens (tertiary/aromatic N) is 2. The molecule has 0 heterocycles. The topological polar surface area (TPSA) is 6.48 Å². The van der Waals surface area contributed by atoms with Crippen LogP contribution in [0, 0.1) is 0 Å². The van der Waals surface area contributed by atoms with Gasteiger partial charge in [-0.3, -0.25) is 0 Å². The monoisotopic (exact) mass is 216 g/mol. The van der Waals surface area contributed by atoms with E-state index in [1.807, 2.05) is 0 Å². The minimum atomic E-state index is 0. The Morgan fingerprint density at radius 2 is 0.833 bits per heavy atom. The number of hydrogen-bond acceptors (Lipinski definition) is 2. The largest absolute Gasteiger partial charge is 0.305 e. The number of likely N-dealkylation sites (N-methyl/N-ethyl adjacent to an activating group) is 2.